The molecular formula is C29H58O3. The van der Waals surface area contributed by atoms with Gasteiger partial charge >= 0.3 is 6.16 Å². The molecule has 0 aliphatic carbocycles. The fraction of sp³-hybridized carbons (Fsp3) is 0.966. The minimum absolute atomic E-state index is 0.362. The molecule has 0 bridgehead atoms. The molecule has 3 nitrogen and oxygen atoms in total. The van der Waals surface area contributed by atoms with E-state index < -0.39 is 6.16 Å². The van der Waals surface area contributed by atoms with Crippen LogP contribution >= 0.6 is 0 Å². The molecule has 0 fully saturated rings. The van der Waals surface area contributed by atoms with Crippen molar-refractivity contribution in [3.63, 3.8) is 0 Å². The highest BCUT2D eigenvalue weighted by molar-refractivity contribution is 5.56. The fourth-order valence-corrected chi connectivity index (χ4v) is 5.20. The Hall–Kier alpha value is -0.730. The predicted octanol–water partition coefficient (Wildman–Crippen LogP) is 10.7. The quantitative estimate of drug-likeness (QED) is 0.110. The van der Waals surface area contributed by atoms with Crippen molar-refractivity contribution < 1.29 is 14.6 Å². The summed E-state index contributed by atoms with van der Waals surface area (Å²) in [5, 5.41) is 8.85. The van der Waals surface area contributed by atoms with Crippen LogP contribution in [-0.2, 0) is 4.74 Å². The lowest BCUT2D eigenvalue weighted by molar-refractivity contribution is 0.0816. The zero-order chi connectivity index (χ0) is 23.8. The molecule has 1 N–H and O–H groups in total. The SMILES string of the molecule is CCCCCCCCC(CCCCCCCC)(CCCCCCCC)CCCOC(=O)O. The maximum Gasteiger partial charge on any atom is 0.505 e. The van der Waals surface area contributed by atoms with Crippen LogP contribution < -0.4 is 0 Å². The molecule has 0 aromatic rings. The number of rotatable bonds is 25. The zero-order valence-corrected chi connectivity index (χ0v) is 22.2. The van der Waals surface area contributed by atoms with Crippen molar-refractivity contribution in [1.82, 2.24) is 0 Å². The van der Waals surface area contributed by atoms with Crippen molar-refractivity contribution in [1.29, 1.82) is 0 Å². The van der Waals surface area contributed by atoms with Crippen molar-refractivity contribution in [2.45, 2.75) is 168 Å². The second-order valence-electron chi connectivity index (χ2n) is 10.3. The van der Waals surface area contributed by atoms with E-state index in [4.69, 9.17) is 9.84 Å². The number of hydrogen-bond donors (Lipinski definition) is 1. The molecule has 0 aliphatic heterocycles. The van der Waals surface area contributed by atoms with Gasteiger partial charge in [0.05, 0.1) is 6.61 Å². The molecule has 32 heavy (non-hydrogen) atoms. The Morgan fingerprint density at radius 3 is 1.19 bits per heavy atom. The molecule has 0 heterocycles. The Morgan fingerprint density at radius 1 is 0.531 bits per heavy atom. The van der Waals surface area contributed by atoms with Crippen LogP contribution in [-0.4, -0.2) is 17.9 Å². The zero-order valence-electron chi connectivity index (χ0n) is 22.2. The molecule has 3 heteroatoms. The Morgan fingerprint density at radius 2 is 0.844 bits per heavy atom. The van der Waals surface area contributed by atoms with E-state index in [9.17, 15) is 4.79 Å². The second-order valence-corrected chi connectivity index (χ2v) is 10.3. The molecule has 0 spiro atoms. The van der Waals surface area contributed by atoms with Crippen molar-refractivity contribution >= 4 is 6.16 Å². The Labute approximate surface area is 201 Å². The van der Waals surface area contributed by atoms with Gasteiger partial charge in [-0.2, -0.15) is 0 Å². The summed E-state index contributed by atoms with van der Waals surface area (Å²) in [6.07, 6.45) is 29.3. The lowest BCUT2D eigenvalue weighted by Crippen LogP contribution is -2.22. The summed E-state index contributed by atoms with van der Waals surface area (Å²) in [7, 11) is 0. The lowest BCUT2D eigenvalue weighted by Gasteiger charge is -2.35. The number of hydrogen-bond acceptors (Lipinski definition) is 2. The van der Waals surface area contributed by atoms with E-state index in [-0.39, 0.29) is 0 Å². The van der Waals surface area contributed by atoms with Gasteiger partial charge in [0.25, 0.3) is 0 Å². The molecule has 0 aromatic heterocycles. The van der Waals surface area contributed by atoms with Crippen LogP contribution in [0.5, 0.6) is 0 Å². The highest BCUT2D eigenvalue weighted by Crippen LogP contribution is 2.41. The van der Waals surface area contributed by atoms with E-state index in [1.165, 1.54) is 135 Å². The average molecular weight is 455 g/mol. The maximum atomic E-state index is 10.8. The van der Waals surface area contributed by atoms with Crippen LogP contribution in [0.2, 0.25) is 0 Å². The van der Waals surface area contributed by atoms with Gasteiger partial charge in [0.1, 0.15) is 0 Å². The van der Waals surface area contributed by atoms with Crippen LogP contribution in [0.4, 0.5) is 4.79 Å². The van der Waals surface area contributed by atoms with E-state index in [1.807, 2.05) is 0 Å². The molecule has 0 amide bonds. The van der Waals surface area contributed by atoms with Gasteiger partial charge in [-0.25, -0.2) is 4.79 Å². The van der Waals surface area contributed by atoms with E-state index in [1.54, 1.807) is 0 Å². The van der Waals surface area contributed by atoms with E-state index in [2.05, 4.69) is 20.8 Å². The number of unbranched alkanes of at least 4 members (excludes halogenated alkanes) is 15. The minimum Gasteiger partial charge on any atom is -0.450 e. The fourth-order valence-electron chi connectivity index (χ4n) is 5.20. The second kappa shape index (κ2) is 23.4. The van der Waals surface area contributed by atoms with Gasteiger partial charge in [-0.05, 0) is 37.5 Å². The van der Waals surface area contributed by atoms with E-state index in [0.29, 0.717) is 12.0 Å². The van der Waals surface area contributed by atoms with Crippen molar-refractivity contribution in [2.75, 3.05) is 6.61 Å². The van der Waals surface area contributed by atoms with Crippen LogP contribution in [0.15, 0.2) is 0 Å². The summed E-state index contributed by atoms with van der Waals surface area (Å²) >= 11 is 0. The normalized spacial score (nSPS) is 11.7. The Balaban J connectivity index is 4.77. The van der Waals surface area contributed by atoms with Crippen molar-refractivity contribution in [3.05, 3.63) is 0 Å². The van der Waals surface area contributed by atoms with Gasteiger partial charge in [0.15, 0.2) is 0 Å². The first kappa shape index (κ1) is 31.3. The molecule has 0 saturated carbocycles. The largest absolute Gasteiger partial charge is 0.505 e. The molecule has 192 valence electrons. The number of carboxylic acid groups (broad SMARTS) is 1. The number of ether oxygens (including phenoxy) is 1. The summed E-state index contributed by atoms with van der Waals surface area (Å²) in [6.45, 7) is 7.21. The predicted molar refractivity (Wildman–Crippen MR) is 140 cm³/mol. The van der Waals surface area contributed by atoms with Gasteiger partial charge in [-0.15, -0.1) is 0 Å². The highest BCUT2D eigenvalue weighted by Gasteiger charge is 2.28. The van der Waals surface area contributed by atoms with E-state index >= 15 is 0 Å². The smallest absolute Gasteiger partial charge is 0.450 e. The van der Waals surface area contributed by atoms with Gasteiger partial charge in [0, 0.05) is 0 Å². The summed E-state index contributed by atoms with van der Waals surface area (Å²) in [4.78, 5) is 10.8. The van der Waals surface area contributed by atoms with Gasteiger partial charge in [-0.3, -0.25) is 0 Å². The molecule has 0 aromatic carbocycles. The standard InChI is InChI=1S/C29H58O3/c1-4-7-10-13-16-19-23-29(26-22-27-32-28(30)31,24-20-17-14-11-8-5-2)25-21-18-15-12-9-6-3/h4-27H2,1-3H3,(H,30,31). The van der Waals surface area contributed by atoms with Crippen LogP contribution in [0.3, 0.4) is 0 Å². The molecule has 0 radical (unpaired) electrons. The molecule has 0 atom stereocenters. The van der Waals surface area contributed by atoms with Gasteiger partial charge in [0.2, 0.25) is 0 Å². The van der Waals surface area contributed by atoms with Gasteiger partial charge < -0.3 is 9.84 Å². The summed E-state index contributed by atoms with van der Waals surface area (Å²) in [5.41, 5.74) is 0.405. The lowest BCUT2D eigenvalue weighted by atomic mass is 9.71. The molecular weight excluding hydrogens is 396 g/mol. The van der Waals surface area contributed by atoms with Gasteiger partial charge in [-0.1, -0.05) is 136 Å². The first-order valence-electron chi connectivity index (χ1n) is 14.5. The first-order chi connectivity index (χ1) is 15.6. The van der Waals surface area contributed by atoms with Crippen LogP contribution in [0.25, 0.3) is 0 Å². The Kier molecular flexibility index (Phi) is 22.9. The molecule has 0 rings (SSSR count). The molecule has 0 saturated heterocycles. The third-order valence-electron chi connectivity index (χ3n) is 7.26. The number of carbonyl (C=O) groups is 1. The molecule has 0 aliphatic rings. The first-order valence-corrected chi connectivity index (χ1v) is 14.5. The Bertz CT molecular complexity index is 353. The molecule has 0 unspecified atom stereocenters. The third kappa shape index (κ3) is 19.9. The van der Waals surface area contributed by atoms with E-state index in [0.717, 1.165) is 12.8 Å². The maximum absolute atomic E-state index is 10.8. The minimum atomic E-state index is -1.13. The summed E-state index contributed by atoms with van der Waals surface area (Å²) in [5.74, 6) is 0. The third-order valence-corrected chi connectivity index (χ3v) is 7.26. The van der Waals surface area contributed by atoms with Crippen molar-refractivity contribution in [2.24, 2.45) is 5.41 Å². The summed E-state index contributed by atoms with van der Waals surface area (Å²) in [6, 6.07) is 0. The monoisotopic (exact) mass is 454 g/mol. The van der Waals surface area contributed by atoms with Crippen LogP contribution in [0, 0.1) is 5.41 Å². The average Bonchev–Trinajstić information content (AvgIpc) is 2.78. The van der Waals surface area contributed by atoms with Crippen molar-refractivity contribution in [3.8, 4) is 0 Å². The topological polar surface area (TPSA) is 46.5 Å². The highest BCUT2D eigenvalue weighted by atomic mass is 16.7. The van der Waals surface area contributed by atoms with Crippen LogP contribution in [0.1, 0.15) is 168 Å². The summed E-state index contributed by atoms with van der Waals surface area (Å²) < 4.78 is 4.86.